The predicted octanol–water partition coefficient (Wildman–Crippen LogP) is 4.46. The second-order valence-electron chi connectivity index (χ2n) is 5.88. The maximum Gasteiger partial charge on any atom is 0.237 e. The van der Waals surface area contributed by atoms with Crippen molar-refractivity contribution in [2.24, 2.45) is 0 Å². The Bertz CT molecular complexity index is 931. The van der Waals surface area contributed by atoms with E-state index in [2.05, 4.69) is 20.5 Å². The number of anilines is 1. The van der Waals surface area contributed by atoms with Gasteiger partial charge in [0, 0.05) is 10.7 Å². The third-order valence-electron chi connectivity index (χ3n) is 3.71. The summed E-state index contributed by atoms with van der Waals surface area (Å²) >= 11 is 7.20. The smallest absolute Gasteiger partial charge is 0.237 e. The number of amides is 1. The number of carbonyl (C=O) groups is 1. The molecule has 1 aromatic heterocycles. The molecule has 0 aliphatic carbocycles. The minimum Gasteiger partial charge on any atom is -0.485 e. The maximum atomic E-state index is 12.3. The van der Waals surface area contributed by atoms with Crippen LogP contribution in [0.4, 0.5) is 5.69 Å². The van der Waals surface area contributed by atoms with Gasteiger partial charge in [0.05, 0.1) is 5.25 Å². The number of nitrogens with zero attached hydrogens (tertiary/aromatic N) is 2. The van der Waals surface area contributed by atoms with Crippen LogP contribution in [0.15, 0.2) is 53.7 Å². The first-order valence-electron chi connectivity index (χ1n) is 8.34. The van der Waals surface area contributed by atoms with Crippen LogP contribution in [0.25, 0.3) is 0 Å². The van der Waals surface area contributed by atoms with Crippen LogP contribution in [-0.2, 0) is 11.4 Å². The van der Waals surface area contributed by atoms with Crippen molar-refractivity contribution in [3.8, 4) is 5.75 Å². The van der Waals surface area contributed by atoms with Gasteiger partial charge in [0.1, 0.15) is 12.4 Å². The van der Waals surface area contributed by atoms with Crippen molar-refractivity contribution in [3.63, 3.8) is 0 Å². The Kier molecular flexibility index (Phi) is 6.36. The van der Waals surface area contributed by atoms with Crippen LogP contribution in [0.2, 0.25) is 5.02 Å². The van der Waals surface area contributed by atoms with Crippen molar-refractivity contribution < 1.29 is 9.53 Å². The fourth-order valence-corrected chi connectivity index (χ4v) is 3.22. The number of thioether (sulfide) groups is 1. The topological polar surface area (TPSA) is 79.9 Å². The van der Waals surface area contributed by atoms with Crippen LogP contribution < -0.4 is 10.1 Å². The Hall–Kier alpha value is -2.51. The summed E-state index contributed by atoms with van der Waals surface area (Å²) in [6, 6.07) is 14.8. The maximum absolute atomic E-state index is 12.3. The van der Waals surface area contributed by atoms with Crippen LogP contribution in [0.3, 0.4) is 0 Å². The van der Waals surface area contributed by atoms with E-state index in [-0.39, 0.29) is 17.8 Å². The number of aromatic nitrogens is 3. The van der Waals surface area contributed by atoms with Crippen LogP contribution >= 0.6 is 23.4 Å². The summed E-state index contributed by atoms with van der Waals surface area (Å²) in [6.45, 7) is 4.06. The number of ether oxygens (including phenoxy) is 1. The highest BCUT2D eigenvalue weighted by Gasteiger charge is 2.17. The van der Waals surface area contributed by atoms with Crippen LogP contribution in [-0.4, -0.2) is 26.3 Å². The number of benzene rings is 2. The first-order chi connectivity index (χ1) is 13.0. The Morgan fingerprint density at radius 1 is 1.30 bits per heavy atom. The molecule has 0 radical (unpaired) electrons. The highest BCUT2D eigenvalue weighted by atomic mass is 35.5. The number of para-hydroxylation sites is 1. The van der Waals surface area contributed by atoms with Crippen molar-refractivity contribution in [3.05, 3.63) is 64.9 Å². The molecule has 0 saturated heterocycles. The highest BCUT2D eigenvalue weighted by molar-refractivity contribution is 8.00. The number of carbonyl (C=O) groups excluding carboxylic acids is 1. The fourth-order valence-electron chi connectivity index (χ4n) is 2.28. The molecule has 2 N–H and O–H groups in total. The Morgan fingerprint density at radius 2 is 2.11 bits per heavy atom. The molecule has 0 spiro atoms. The largest absolute Gasteiger partial charge is 0.485 e. The van der Waals surface area contributed by atoms with Crippen molar-refractivity contribution in [2.75, 3.05) is 5.32 Å². The number of H-pyrrole nitrogens is 1. The first kappa shape index (κ1) is 19.3. The second kappa shape index (κ2) is 8.92. The van der Waals surface area contributed by atoms with Gasteiger partial charge in [-0.1, -0.05) is 47.6 Å². The molecule has 6 nitrogen and oxygen atoms in total. The zero-order chi connectivity index (χ0) is 19.2. The van der Waals surface area contributed by atoms with E-state index in [0.29, 0.717) is 21.7 Å². The van der Waals surface area contributed by atoms with Gasteiger partial charge in [-0.05, 0) is 43.7 Å². The van der Waals surface area contributed by atoms with E-state index in [9.17, 15) is 4.79 Å². The lowest BCUT2D eigenvalue weighted by Crippen LogP contribution is -2.22. The fraction of sp³-hybridized carbons (Fsp3) is 0.211. The molecule has 0 unspecified atom stereocenters. The molecule has 0 fully saturated rings. The third-order valence-corrected chi connectivity index (χ3v) is 4.91. The molecule has 0 aliphatic heterocycles. The molecule has 27 heavy (non-hydrogen) atoms. The zero-order valence-corrected chi connectivity index (χ0v) is 16.5. The van der Waals surface area contributed by atoms with Gasteiger partial charge in [-0.2, -0.15) is 0 Å². The monoisotopic (exact) mass is 402 g/mol. The van der Waals surface area contributed by atoms with Crippen molar-refractivity contribution in [1.29, 1.82) is 0 Å². The third kappa shape index (κ3) is 5.48. The summed E-state index contributed by atoms with van der Waals surface area (Å²) in [5, 5.41) is 10.5. The number of halogens is 1. The van der Waals surface area contributed by atoms with E-state index in [1.807, 2.05) is 31.2 Å². The second-order valence-corrected chi connectivity index (χ2v) is 7.62. The van der Waals surface area contributed by atoms with E-state index >= 15 is 0 Å². The van der Waals surface area contributed by atoms with Crippen LogP contribution in [0.5, 0.6) is 5.75 Å². The molecule has 1 amide bonds. The number of rotatable bonds is 7. The molecule has 0 bridgehead atoms. The molecule has 2 aromatic carbocycles. The summed E-state index contributed by atoms with van der Waals surface area (Å²) in [6.07, 6.45) is 0. The highest BCUT2D eigenvalue weighted by Crippen LogP contribution is 2.22. The zero-order valence-electron chi connectivity index (χ0n) is 14.9. The lowest BCUT2D eigenvalue weighted by atomic mass is 10.2. The van der Waals surface area contributed by atoms with Gasteiger partial charge < -0.3 is 10.1 Å². The summed E-state index contributed by atoms with van der Waals surface area (Å²) in [5.41, 5.74) is 1.71. The van der Waals surface area contributed by atoms with Gasteiger partial charge in [0.15, 0.2) is 5.82 Å². The molecule has 1 heterocycles. The average Bonchev–Trinajstić information content (AvgIpc) is 3.08. The quantitative estimate of drug-likeness (QED) is 0.570. The summed E-state index contributed by atoms with van der Waals surface area (Å²) in [4.78, 5) is 16.7. The number of aromatic amines is 1. The Labute approximate surface area is 166 Å². The SMILES string of the molecule is Cc1ccccc1OCc1nc(S[C@@H](C)C(=O)Nc2cccc(Cl)c2)n[nH]1. The Balaban J connectivity index is 1.53. The van der Waals surface area contributed by atoms with Gasteiger partial charge >= 0.3 is 0 Å². The van der Waals surface area contributed by atoms with Crippen LogP contribution in [0, 0.1) is 6.92 Å². The molecular formula is C19H19ClN4O2S. The number of hydrogen-bond donors (Lipinski definition) is 2. The van der Waals surface area contributed by atoms with Gasteiger partial charge in [0.2, 0.25) is 11.1 Å². The molecule has 8 heteroatoms. The van der Waals surface area contributed by atoms with Crippen molar-refractivity contribution >= 4 is 35.0 Å². The van der Waals surface area contributed by atoms with Gasteiger partial charge in [-0.3, -0.25) is 9.89 Å². The van der Waals surface area contributed by atoms with Gasteiger partial charge in [0.25, 0.3) is 0 Å². The normalized spacial score (nSPS) is 11.8. The molecule has 0 saturated carbocycles. The van der Waals surface area contributed by atoms with Crippen LogP contribution in [0.1, 0.15) is 18.3 Å². The van der Waals surface area contributed by atoms with E-state index in [0.717, 1.165) is 11.3 Å². The standard InChI is InChI=1S/C19H19ClN4O2S/c1-12-6-3-4-9-16(12)26-11-17-22-19(24-23-17)27-13(2)18(25)21-15-8-5-7-14(20)10-15/h3-10,13H,11H2,1-2H3,(H,21,25)(H,22,23,24)/t13-/m0/s1. The first-order valence-corrected chi connectivity index (χ1v) is 9.60. The lowest BCUT2D eigenvalue weighted by molar-refractivity contribution is -0.115. The van der Waals surface area contributed by atoms with E-state index in [1.165, 1.54) is 11.8 Å². The predicted molar refractivity (Wildman–Crippen MR) is 107 cm³/mol. The minimum absolute atomic E-state index is 0.148. The summed E-state index contributed by atoms with van der Waals surface area (Å²) < 4.78 is 5.74. The van der Waals surface area contributed by atoms with Crippen molar-refractivity contribution in [2.45, 2.75) is 30.9 Å². The molecule has 3 rings (SSSR count). The molecule has 3 aromatic rings. The molecule has 0 aliphatic rings. The number of aryl methyl sites for hydroxylation is 1. The van der Waals surface area contributed by atoms with E-state index in [1.54, 1.807) is 31.2 Å². The van der Waals surface area contributed by atoms with Crippen molar-refractivity contribution in [1.82, 2.24) is 15.2 Å². The van der Waals surface area contributed by atoms with E-state index < -0.39 is 0 Å². The average molecular weight is 403 g/mol. The van der Waals surface area contributed by atoms with Gasteiger partial charge in [-0.15, -0.1) is 5.10 Å². The van der Waals surface area contributed by atoms with Gasteiger partial charge in [-0.25, -0.2) is 4.98 Å². The molecular weight excluding hydrogens is 384 g/mol. The minimum atomic E-state index is -0.370. The number of nitrogens with one attached hydrogen (secondary N) is 2. The lowest BCUT2D eigenvalue weighted by Gasteiger charge is -2.10. The summed E-state index contributed by atoms with van der Waals surface area (Å²) in [5.74, 6) is 1.25. The van der Waals surface area contributed by atoms with E-state index in [4.69, 9.17) is 16.3 Å². The number of hydrogen-bond acceptors (Lipinski definition) is 5. The summed E-state index contributed by atoms with van der Waals surface area (Å²) in [7, 11) is 0. The molecule has 1 atom stereocenters. The molecule has 140 valence electrons. The Morgan fingerprint density at radius 3 is 2.89 bits per heavy atom.